The Balaban J connectivity index is 2.33. The van der Waals surface area contributed by atoms with Crippen LogP contribution in [0.5, 0.6) is 0 Å². The van der Waals surface area contributed by atoms with Gasteiger partial charge in [0.25, 0.3) is 5.91 Å². The predicted octanol–water partition coefficient (Wildman–Crippen LogP) is 1.12. The van der Waals surface area contributed by atoms with Gasteiger partial charge in [-0.25, -0.2) is 4.99 Å². The van der Waals surface area contributed by atoms with Crippen LogP contribution in [-0.4, -0.2) is 36.6 Å². The number of nitrogens with zero attached hydrogens (tertiary/aromatic N) is 2. The quantitative estimate of drug-likeness (QED) is 0.619. The van der Waals surface area contributed by atoms with Gasteiger partial charge in [-0.3, -0.25) is 9.69 Å². The van der Waals surface area contributed by atoms with Gasteiger partial charge in [0.1, 0.15) is 18.5 Å². The lowest BCUT2D eigenvalue weighted by molar-refractivity contribution is -0.139. The maximum atomic E-state index is 11.8. The molecular weight excluding hydrogens is 208 g/mol. The zero-order chi connectivity index (χ0) is 11.9. The fourth-order valence-corrected chi connectivity index (χ4v) is 1.85. The van der Waals surface area contributed by atoms with Crippen LogP contribution in [0.1, 0.15) is 20.8 Å². The number of fused-ring (bicyclic) bond motifs is 1. The molecule has 0 saturated carbocycles. The molecule has 0 bridgehead atoms. The molecule has 0 saturated heterocycles. The summed E-state index contributed by atoms with van der Waals surface area (Å²) in [4.78, 5) is 17.5. The van der Waals surface area contributed by atoms with Gasteiger partial charge in [-0.1, -0.05) is 20.8 Å². The van der Waals surface area contributed by atoms with Crippen molar-refractivity contribution in [1.82, 2.24) is 4.90 Å². The minimum absolute atomic E-state index is 0.0514. The van der Waals surface area contributed by atoms with E-state index in [4.69, 9.17) is 9.47 Å². The molecule has 0 N–H and O–H groups in total. The molecule has 1 atom stereocenters. The highest BCUT2D eigenvalue weighted by Crippen LogP contribution is 2.34. The van der Waals surface area contributed by atoms with Gasteiger partial charge in [0.15, 0.2) is 6.23 Å². The van der Waals surface area contributed by atoms with Gasteiger partial charge in [0, 0.05) is 5.41 Å². The minimum atomic E-state index is -0.282. The number of carbonyl (C=O) groups is 1. The van der Waals surface area contributed by atoms with Crippen molar-refractivity contribution in [3.8, 4) is 0 Å². The van der Waals surface area contributed by atoms with Crippen LogP contribution in [0.15, 0.2) is 17.0 Å². The molecule has 0 aromatic heterocycles. The molecule has 0 aliphatic carbocycles. The standard InChI is InChI=1S/C11H16N2O3/c1-11(2,3)10-13-7(6-16-10)9(15-4)12-5-8(13)14/h6,10H,5H2,1-4H3/t10-/m1/s1. The summed E-state index contributed by atoms with van der Waals surface area (Å²) in [5.41, 5.74) is 0.475. The Labute approximate surface area is 94.7 Å². The Bertz CT molecular complexity index is 379. The average molecular weight is 224 g/mol. The van der Waals surface area contributed by atoms with E-state index in [1.807, 2.05) is 20.8 Å². The Morgan fingerprint density at radius 2 is 2.25 bits per heavy atom. The van der Waals surface area contributed by atoms with Crippen LogP contribution < -0.4 is 0 Å². The van der Waals surface area contributed by atoms with Crippen molar-refractivity contribution >= 4 is 11.8 Å². The van der Waals surface area contributed by atoms with Gasteiger partial charge in [-0.05, 0) is 0 Å². The van der Waals surface area contributed by atoms with Crippen molar-refractivity contribution in [1.29, 1.82) is 0 Å². The number of ether oxygens (including phenoxy) is 2. The van der Waals surface area contributed by atoms with E-state index < -0.39 is 0 Å². The first-order chi connectivity index (χ1) is 7.45. The van der Waals surface area contributed by atoms with E-state index in [1.165, 1.54) is 7.11 Å². The zero-order valence-corrected chi connectivity index (χ0v) is 9.98. The molecule has 0 fully saturated rings. The molecular formula is C11H16N2O3. The molecule has 5 nitrogen and oxygen atoms in total. The Kier molecular flexibility index (Phi) is 2.40. The van der Waals surface area contributed by atoms with Crippen LogP contribution >= 0.6 is 0 Å². The molecule has 0 aromatic rings. The lowest BCUT2D eigenvalue weighted by Crippen LogP contribution is -2.48. The Morgan fingerprint density at radius 3 is 2.81 bits per heavy atom. The first-order valence-electron chi connectivity index (χ1n) is 5.21. The molecule has 0 spiro atoms. The normalized spacial score (nSPS) is 24.6. The lowest BCUT2D eigenvalue weighted by atomic mass is 9.93. The second-order valence-electron chi connectivity index (χ2n) is 4.95. The van der Waals surface area contributed by atoms with E-state index in [0.717, 1.165) is 0 Å². The van der Waals surface area contributed by atoms with Gasteiger partial charge < -0.3 is 9.47 Å². The van der Waals surface area contributed by atoms with Crippen LogP contribution in [0.25, 0.3) is 0 Å². The monoisotopic (exact) mass is 224 g/mol. The van der Waals surface area contributed by atoms with Gasteiger partial charge in [0.2, 0.25) is 5.90 Å². The maximum absolute atomic E-state index is 11.8. The van der Waals surface area contributed by atoms with E-state index in [9.17, 15) is 4.79 Å². The smallest absolute Gasteiger partial charge is 0.252 e. The van der Waals surface area contributed by atoms with Crippen molar-refractivity contribution in [2.45, 2.75) is 27.0 Å². The molecule has 2 heterocycles. The summed E-state index contributed by atoms with van der Waals surface area (Å²) >= 11 is 0. The zero-order valence-electron chi connectivity index (χ0n) is 9.98. The van der Waals surface area contributed by atoms with Gasteiger partial charge in [-0.15, -0.1) is 0 Å². The molecule has 0 unspecified atom stereocenters. The fourth-order valence-electron chi connectivity index (χ4n) is 1.85. The summed E-state index contributed by atoms with van der Waals surface area (Å²) in [5.74, 6) is 0.413. The largest absolute Gasteiger partial charge is 0.480 e. The van der Waals surface area contributed by atoms with Crippen LogP contribution in [-0.2, 0) is 14.3 Å². The second kappa shape index (κ2) is 3.50. The van der Waals surface area contributed by atoms with Crippen molar-refractivity contribution in [2.24, 2.45) is 10.4 Å². The Hall–Kier alpha value is -1.52. The van der Waals surface area contributed by atoms with Gasteiger partial charge >= 0.3 is 0 Å². The van der Waals surface area contributed by atoms with Crippen LogP contribution in [0.4, 0.5) is 0 Å². The summed E-state index contributed by atoms with van der Waals surface area (Å²) < 4.78 is 10.7. The average Bonchev–Trinajstić information content (AvgIpc) is 2.63. The predicted molar refractivity (Wildman–Crippen MR) is 58.6 cm³/mol. The summed E-state index contributed by atoms with van der Waals surface area (Å²) in [7, 11) is 1.54. The number of carbonyl (C=O) groups excluding carboxylic acids is 1. The first-order valence-corrected chi connectivity index (χ1v) is 5.21. The summed E-state index contributed by atoms with van der Waals surface area (Å²) in [6, 6.07) is 0. The molecule has 2 rings (SSSR count). The summed E-state index contributed by atoms with van der Waals surface area (Å²) in [6.07, 6.45) is 1.27. The number of aliphatic imine (C=N–C) groups is 1. The molecule has 88 valence electrons. The van der Waals surface area contributed by atoms with Crippen molar-refractivity contribution in [2.75, 3.05) is 13.7 Å². The third-order valence-corrected chi connectivity index (χ3v) is 2.58. The fraction of sp³-hybridized carbons (Fsp3) is 0.636. The molecule has 1 amide bonds. The molecule has 16 heavy (non-hydrogen) atoms. The number of methoxy groups -OCH3 is 1. The minimum Gasteiger partial charge on any atom is -0.480 e. The second-order valence-corrected chi connectivity index (χ2v) is 4.95. The highest BCUT2D eigenvalue weighted by atomic mass is 16.5. The SMILES string of the molecule is COC1=NCC(=O)N2C1=CO[C@@H]2C(C)(C)C. The van der Waals surface area contributed by atoms with Gasteiger partial charge in [-0.2, -0.15) is 0 Å². The number of hydrogen-bond acceptors (Lipinski definition) is 4. The third kappa shape index (κ3) is 1.56. The van der Waals surface area contributed by atoms with E-state index in [0.29, 0.717) is 11.6 Å². The van der Waals surface area contributed by atoms with E-state index in [1.54, 1.807) is 11.2 Å². The molecule has 2 aliphatic rings. The number of amides is 1. The first kappa shape index (κ1) is 11.0. The highest BCUT2D eigenvalue weighted by molar-refractivity contribution is 6.02. The summed E-state index contributed by atoms with van der Waals surface area (Å²) in [6.45, 7) is 6.20. The van der Waals surface area contributed by atoms with Crippen molar-refractivity contribution in [3.05, 3.63) is 12.0 Å². The highest BCUT2D eigenvalue weighted by Gasteiger charge is 2.44. The van der Waals surface area contributed by atoms with Crippen LogP contribution in [0.3, 0.4) is 0 Å². The molecule has 5 heteroatoms. The number of hydrogen-bond donors (Lipinski definition) is 0. The van der Waals surface area contributed by atoms with Gasteiger partial charge in [0.05, 0.1) is 7.11 Å². The Morgan fingerprint density at radius 1 is 1.56 bits per heavy atom. The molecule has 2 aliphatic heterocycles. The third-order valence-electron chi connectivity index (χ3n) is 2.58. The van der Waals surface area contributed by atoms with E-state index >= 15 is 0 Å². The summed E-state index contributed by atoms with van der Waals surface area (Å²) in [5, 5.41) is 0. The molecule has 0 aromatic carbocycles. The van der Waals surface area contributed by atoms with Crippen molar-refractivity contribution in [3.63, 3.8) is 0 Å². The topological polar surface area (TPSA) is 51.1 Å². The lowest BCUT2D eigenvalue weighted by Gasteiger charge is -2.35. The number of rotatable bonds is 0. The van der Waals surface area contributed by atoms with E-state index in [-0.39, 0.29) is 24.1 Å². The molecule has 0 radical (unpaired) electrons. The van der Waals surface area contributed by atoms with Crippen LogP contribution in [0.2, 0.25) is 0 Å². The van der Waals surface area contributed by atoms with Crippen LogP contribution in [0, 0.1) is 5.41 Å². The maximum Gasteiger partial charge on any atom is 0.252 e. The van der Waals surface area contributed by atoms with Crippen molar-refractivity contribution < 1.29 is 14.3 Å². The van der Waals surface area contributed by atoms with E-state index in [2.05, 4.69) is 4.99 Å².